The number of aliphatic carboxylic acids is 1. The van der Waals surface area contributed by atoms with E-state index in [2.05, 4.69) is 4.98 Å². The smallest absolute Gasteiger partial charge is 0.543 e. The van der Waals surface area contributed by atoms with Crippen LogP contribution in [0.15, 0.2) is 16.0 Å². The van der Waals surface area contributed by atoms with E-state index in [1.165, 1.54) is 28.0 Å². The summed E-state index contributed by atoms with van der Waals surface area (Å²) in [7, 11) is 0. The van der Waals surface area contributed by atoms with Gasteiger partial charge < -0.3 is 25.6 Å². The third kappa shape index (κ3) is 3.63. The number of rotatable bonds is 6. The van der Waals surface area contributed by atoms with Gasteiger partial charge in [0, 0.05) is 22.0 Å². The van der Waals surface area contributed by atoms with E-state index < -0.39 is 18.0 Å². The molecule has 130 valence electrons. The fourth-order valence-electron chi connectivity index (χ4n) is 3.41. The third-order valence-corrected chi connectivity index (χ3v) is 6.49. The molecule has 1 saturated heterocycles. The predicted molar refractivity (Wildman–Crippen MR) is 89.7 cm³/mol. The Morgan fingerprint density at radius 3 is 2.80 bits per heavy atom. The van der Waals surface area contributed by atoms with Crippen molar-refractivity contribution in [1.29, 1.82) is 0 Å². The first-order valence-electron chi connectivity index (χ1n) is 7.62. The molecule has 0 aromatic carbocycles. The van der Waals surface area contributed by atoms with Gasteiger partial charge in [-0.25, -0.2) is 4.98 Å². The zero-order chi connectivity index (χ0) is 17.6. The van der Waals surface area contributed by atoms with Crippen LogP contribution < -0.4 is 40.4 Å². The van der Waals surface area contributed by atoms with Crippen LogP contribution in [0.1, 0.15) is 19.5 Å². The topological polar surface area (TPSA) is 120 Å². The largest absolute Gasteiger partial charge is 1.00 e. The molecule has 3 heterocycles. The van der Waals surface area contributed by atoms with Crippen LogP contribution in [0.2, 0.25) is 0 Å². The van der Waals surface area contributed by atoms with Crippen molar-refractivity contribution >= 4 is 40.1 Å². The molecule has 7 nitrogen and oxygen atoms in total. The molecule has 3 N–H and O–H groups in total. The average molecular weight is 391 g/mol. The third-order valence-electron chi connectivity index (χ3n) is 4.49. The minimum Gasteiger partial charge on any atom is -0.543 e. The minimum absolute atomic E-state index is 0. The molecular weight excluding hydrogens is 373 g/mol. The molecule has 0 saturated carbocycles. The number of aromatic nitrogens is 1. The van der Waals surface area contributed by atoms with Crippen molar-refractivity contribution in [2.75, 3.05) is 11.5 Å². The number of hydrogen-bond donors (Lipinski definition) is 2. The summed E-state index contributed by atoms with van der Waals surface area (Å²) < 4.78 is 0. The fourth-order valence-corrected chi connectivity index (χ4v) is 5.26. The fraction of sp³-hybridized carbons (Fsp3) is 0.533. The van der Waals surface area contributed by atoms with Gasteiger partial charge in [-0.15, -0.1) is 23.1 Å². The zero-order valence-electron chi connectivity index (χ0n) is 14.3. The van der Waals surface area contributed by atoms with Gasteiger partial charge in [0.05, 0.1) is 35.4 Å². The van der Waals surface area contributed by atoms with Crippen molar-refractivity contribution in [2.45, 2.75) is 32.4 Å². The summed E-state index contributed by atoms with van der Waals surface area (Å²) in [5.41, 5.74) is 6.42. The maximum absolute atomic E-state index is 12.2. The number of amides is 1. The Balaban J connectivity index is 0.00000225. The summed E-state index contributed by atoms with van der Waals surface area (Å²) in [6.45, 7) is 3.45. The molecule has 4 atom stereocenters. The monoisotopic (exact) mass is 391 g/mol. The standard InChI is InChI=1S/C15H19N3O4S2.Na/c1-6-10-9(7(2)19)13(20)18(10)11(14(21)22)12(6)23-4-3-8-5-24-15(16)17-8;/h5-7,9-10,19H,3-4H2,1-2H3,(H2,16,17)(H,21,22);/q;+1/p-1. The van der Waals surface area contributed by atoms with Crippen molar-refractivity contribution in [3.8, 4) is 0 Å². The van der Waals surface area contributed by atoms with Crippen molar-refractivity contribution in [2.24, 2.45) is 11.8 Å². The van der Waals surface area contributed by atoms with Gasteiger partial charge in [-0.1, -0.05) is 6.92 Å². The number of carbonyl (C=O) groups is 2. The minimum atomic E-state index is -1.35. The predicted octanol–water partition coefficient (Wildman–Crippen LogP) is -3.18. The van der Waals surface area contributed by atoms with Gasteiger partial charge in [0.25, 0.3) is 0 Å². The van der Waals surface area contributed by atoms with Crippen LogP contribution in [0.4, 0.5) is 5.13 Å². The number of anilines is 1. The number of fused-ring (bicyclic) bond motifs is 1. The average Bonchev–Trinajstić information content (AvgIpc) is 3.00. The molecule has 0 spiro atoms. The number of carboxylic acid groups (broad SMARTS) is 1. The van der Waals surface area contributed by atoms with Gasteiger partial charge in [-0.05, 0) is 13.3 Å². The van der Waals surface area contributed by atoms with Crippen molar-refractivity contribution < 1.29 is 49.4 Å². The molecule has 0 aliphatic carbocycles. The number of nitrogen functional groups attached to an aromatic ring is 1. The van der Waals surface area contributed by atoms with Gasteiger partial charge in [-0.2, -0.15) is 0 Å². The summed E-state index contributed by atoms with van der Waals surface area (Å²) in [6.07, 6.45) is -0.139. The van der Waals surface area contributed by atoms with Crippen LogP contribution in [0.3, 0.4) is 0 Å². The number of aryl methyl sites for hydroxylation is 1. The number of nitrogens with two attached hydrogens (primary N) is 1. The molecule has 3 rings (SSSR count). The molecule has 1 aromatic rings. The number of aliphatic hydroxyl groups excluding tert-OH is 1. The first kappa shape index (κ1) is 20.7. The van der Waals surface area contributed by atoms with E-state index in [0.717, 1.165) is 5.69 Å². The summed E-state index contributed by atoms with van der Waals surface area (Å²) in [6, 6.07) is -0.303. The molecule has 2 aliphatic heterocycles. The Labute approximate surface area is 176 Å². The number of thiazole rings is 1. The maximum atomic E-state index is 12.2. The van der Waals surface area contributed by atoms with Crippen molar-refractivity contribution in [3.63, 3.8) is 0 Å². The molecular formula is C15H18N3NaO4S2. The first-order chi connectivity index (χ1) is 11.3. The molecule has 4 unspecified atom stereocenters. The quantitative estimate of drug-likeness (QED) is 0.388. The molecule has 1 fully saturated rings. The van der Waals surface area contributed by atoms with E-state index >= 15 is 0 Å². The second-order valence-electron chi connectivity index (χ2n) is 6.03. The molecule has 25 heavy (non-hydrogen) atoms. The normalized spacial score (nSPS) is 26.1. The van der Waals surface area contributed by atoms with Gasteiger partial charge >= 0.3 is 29.6 Å². The number of carboxylic acids is 1. The molecule has 0 radical (unpaired) electrons. The molecule has 1 amide bonds. The van der Waals surface area contributed by atoms with Crippen LogP contribution in [0.5, 0.6) is 0 Å². The van der Waals surface area contributed by atoms with E-state index in [-0.39, 0.29) is 53.1 Å². The molecule has 1 aromatic heterocycles. The summed E-state index contributed by atoms with van der Waals surface area (Å²) >= 11 is 2.77. The van der Waals surface area contributed by atoms with Gasteiger partial charge in [0.2, 0.25) is 5.91 Å². The maximum Gasteiger partial charge on any atom is 1.00 e. The Morgan fingerprint density at radius 2 is 2.28 bits per heavy atom. The van der Waals surface area contributed by atoms with Gasteiger partial charge in [0.1, 0.15) is 0 Å². The van der Waals surface area contributed by atoms with Crippen LogP contribution >= 0.6 is 23.1 Å². The Bertz CT molecular complexity index is 721. The summed E-state index contributed by atoms with van der Waals surface area (Å²) in [4.78, 5) is 29.8. The van der Waals surface area contributed by atoms with Crippen molar-refractivity contribution in [1.82, 2.24) is 9.88 Å². The van der Waals surface area contributed by atoms with Crippen LogP contribution in [0, 0.1) is 11.8 Å². The number of nitrogens with zero attached hydrogens (tertiary/aromatic N) is 2. The number of β-lactam (4-membered cyclic amide) rings is 1. The summed E-state index contributed by atoms with van der Waals surface area (Å²) in [5.74, 6) is -1.74. The zero-order valence-corrected chi connectivity index (χ0v) is 17.9. The van der Waals surface area contributed by atoms with Gasteiger partial charge in [0.15, 0.2) is 5.13 Å². The SMILES string of the molecule is CC(O)C1C(=O)N2C(C(=O)[O-])=C(SCCc3csc(N)n3)C(C)C12.[Na+]. The first-order valence-corrected chi connectivity index (χ1v) is 9.48. The molecule has 2 aliphatic rings. The second-order valence-corrected chi connectivity index (χ2v) is 8.06. The Morgan fingerprint density at radius 1 is 1.60 bits per heavy atom. The molecule has 10 heteroatoms. The Kier molecular flexibility index (Phi) is 6.61. The van der Waals surface area contributed by atoms with E-state index in [9.17, 15) is 19.8 Å². The number of thioether (sulfide) groups is 1. The van der Waals surface area contributed by atoms with Crippen LogP contribution in [0.25, 0.3) is 0 Å². The van der Waals surface area contributed by atoms with Crippen LogP contribution in [-0.2, 0) is 16.0 Å². The van der Waals surface area contributed by atoms with E-state index in [1.54, 1.807) is 6.92 Å². The Hall–Kier alpha value is -0.580. The number of hydrogen-bond acceptors (Lipinski definition) is 8. The van der Waals surface area contributed by atoms with E-state index in [0.29, 0.717) is 22.2 Å². The van der Waals surface area contributed by atoms with E-state index in [1.807, 2.05) is 12.3 Å². The number of carbonyl (C=O) groups excluding carboxylic acids is 2. The second kappa shape index (κ2) is 7.98. The van der Waals surface area contributed by atoms with Crippen LogP contribution in [-0.4, -0.2) is 44.8 Å². The molecule has 0 bridgehead atoms. The van der Waals surface area contributed by atoms with Gasteiger partial charge in [-0.3, -0.25) is 4.79 Å². The van der Waals surface area contributed by atoms with E-state index in [4.69, 9.17) is 5.73 Å². The summed E-state index contributed by atoms with van der Waals surface area (Å²) in [5, 5.41) is 23.7. The van der Waals surface area contributed by atoms with Crippen molar-refractivity contribution in [3.05, 3.63) is 21.7 Å². The number of aliphatic hydroxyl groups is 1.